The van der Waals surface area contributed by atoms with Crippen molar-refractivity contribution in [2.24, 2.45) is 0 Å². The summed E-state index contributed by atoms with van der Waals surface area (Å²) >= 11 is 0. The Labute approximate surface area is 103 Å². The third-order valence-corrected chi connectivity index (χ3v) is 2.84. The fraction of sp³-hybridized carbons (Fsp3) is 0.250. The van der Waals surface area contributed by atoms with Gasteiger partial charge in [0, 0.05) is 0 Å². The zero-order chi connectivity index (χ0) is 12.5. The molecule has 2 heterocycles. The van der Waals surface area contributed by atoms with Crippen LogP contribution in [0.25, 0.3) is 16.8 Å². The molecule has 0 saturated heterocycles. The second-order valence-electron chi connectivity index (χ2n) is 4.05. The lowest BCUT2D eigenvalue weighted by Crippen LogP contribution is -2.11. The highest BCUT2D eigenvalue weighted by molar-refractivity contribution is 5.79. The molecule has 92 valence electrons. The first-order chi connectivity index (χ1) is 8.81. The quantitative estimate of drug-likeness (QED) is 0.742. The predicted octanol–water partition coefficient (Wildman–Crippen LogP) is 0.894. The molecule has 18 heavy (non-hydrogen) atoms. The van der Waals surface area contributed by atoms with Crippen molar-refractivity contribution in [3.63, 3.8) is 0 Å². The van der Waals surface area contributed by atoms with Crippen molar-refractivity contribution in [2.45, 2.75) is 13.5 Å². The van der Waals surface area contributed by atoms with Gasteiger partial charge in [0.2, 0.25) is 5.65 Å². The number of hydrogen-bond donors (Lipinski definition) is 1. The third kappa shape index (κ3) is 1.58. The number of rotatable bonds is 3. The van der Waals surface area contributed by atoms with Crippen molar-refractivity contribution >= 4 is 5.65 Å². The Morgan fingerprint density at radius 1 is 1.22 bits per heavy atom. The lowest BCUT2D eigenvalue weighted by atomic mass is 10.1. The van der Waals surface area contributed by atoms with Crippen molar-refractivity contribution in [1.29, 1.82) is 0 Å². The standard InChI is InChI=1S/C12H13N5O/c1-9-11(10-5-3-2-4-6-10)12-13-15-16(7-8-18)17(12)14-9/h2-6,18H,7-8H2,1H3. The number of aliphatic hydroxyl groups excluding tert-OH is 1. The fourth-order valence-corrected chi connectivity index (χ4v) is 2.06. The summed E-state index contributed by atoms with van der Waals surface area (Å²) < 4.78 is 1.63. The van der Waals surface area contributed by atoms with Gasteiger partial charge in [0.25, 0.3) is 0 Å². The van der Waals surface area contributed by atoms with Crippen molar-refractivity contribution in [3.05, 3.63) is 36.0 Å². The highest BCUT2D eigenvalue weighted by atomic mass is 16.3. The van der Waals surface area contributed by atoms with E-state index < -0.39 is 0 Å². The molecule has 0 spiro atoms. The number of aliphatic hydroxyl groups is 1. The molecule has 6 heteroatoms. The molecule has 0 atom stereocenters. The summed E-state index contributed by atoms with van der Waals surface area (Å²) in [6.45, 7) is 2.34. The number of fused-ring (bicyclic) bond motifs is 1. The summed E-state index contributed by atoms with van der Waals surface area (Å²) in [5, 5.41) is 21.5. The molecule has 0 amide bonds. The highest BCUT2D eigenvalue weighted by Gasteiger charge is 2.16. The van der Waals surface area contributed by atoms with Gasteiger partial charge in [0.05, 0.1) is 24.4 Å². The molecule has 0 unspecified atom stereocenters. The molecule has 0 fully saturated rings. The molecule has 0 bridgehead atoms. The number of aromatic nitrogens is 5. The lowest BCUT2D eigenvalue weighted by Gasteiger charge is -1.96. The molecule has 3 aromatic rings. The van der Waals surface area contributed by atoms with E-state index in [0.717, 1.165) is 16.8 Å². The topological polar surface area (TPSA) is 68.2 Å². The van der Waals surface area contributed by atoms with E-state index in [1.807, 2.05) is 37.3 Å². The van der Waals surface area contributed by atoms with Crippen LogP contribution in [0.4, 0.5) is 0 Å². The van der Waals surface area contributed by atoms with Gasteiger partial charge in [-0.15, -0.1) is 9.73 Å². The second-order valence-corrected chi connectivity index (χ2v) is 4.05. The van der Waals surface area contributed by atoms with Gasteiger partial charge in [-0.2, -0.15) is 9.90 Å². The number of benzene rings is 1. The summed E-state index contributed by atoms with van der Waals surface area (Å²) in [4.78, 5) is 1.55. The van der Waals surface area contributed by atoms with Crippen LogP contribution in [0, 0.1) is 6.92 Å². The van der Waals surface area contributed by atoms with E-state index in [2.05, 4.69) is 15.4 Å². The van der Waals surface area contributed by atoms with Crippen LogP contribution < -0.4 is 0 Å². The van der Waals surface area contributed by atoms with Gasteiger partial charge in [-0.1, -0.05) is 30.3 Å². The Morgan fingerprint density at radius 2 is 2.00 bits per heavy atom. The Balaban J connectivity index is 2.21. The normalized spacial score (nSPS) is 11.2. The van der Waals surface area contributed by atoms with Crippen LogP contribution >= 0.6 is 0 Å². The van der Waals surface area contributed by atoms with Crippen LogP contribution in [0.3, 0.4) is 0 Å². The van der Waals surface area contributed by atoms with Gasteiger partial charge in [-0.3, -0.25) is 0 Å². The van der Waals surface area contributed by atoms with E-state index in [4.69, 9.17) is 5.11 Å². The van der Waals surface area contributed by atoms with Gasteiger partial charge in [0.1, 0.15) is 0 Å². The number of aryl methyl sites for hydroxylation is 1. The van der Waals surface area contributed by atoms with Crippen molar-refractivity contribution in [2.75, 3.05) is 6.61 Å². The molecule has 0 aliphatic heterocycles. The maximum atomic E-state index is 8.96. The molecule has 1 N–H and O–H groups in total. The average molecular weight is 243 g/mol. The van der Waals surface area contributed by atoms with Crippen molar-refractivity contribution in [3.8, 4) is 11.1 Å². The summed E-state index contributed by atoms with van der Waals surface area (Å²) in [5.74, 6) is 0. The Morgan fingerprint density at radius 3 is 2.72 bits per heavy atom. The van der Waals surface area contributed by atoms with Gasteiger partial charge >= 0.3 is 0 Å². The fourth-order valence-electron chi connectivity index (χ4n) is 2.06. The third-order valence-electron chi connectivity index (χ3n) is 2.84. The average Bonchev–Trinajstić information content (AvgIpc) is 2.90. The molecule has 2 aromatic heterocycles. The minimum absolute atomic E-state index is 0.0119. The monoisotopic (exact) mass is 243 g/mol. The number of tetrazole rings is 1. The van der Waals surface area contributed by atoms with Crippen LogP contribution in [0.1, 0.15) is 5.69 Å². The lowest BCUT2D eigenvalue weighted by molar-refractivity contribution is 0.251. The first kappa shape index (κ1) is 10.9. The molecule has 0 radical (unpaired) electrons. The summed E-state index contributed by atoms with van der Waals surface area (Å²) in [6.07, 6.45) is 0. The first-order valence-corrected chi connectivity index (χ1v) is 5.76. The molecular weight excluding hydrogens is 230 g/mol. The van der Waals surface area contributed by atoms with Crippen LogP contribution in [0.5, 0.6) is 0 Å². The SMILES string of the molecule is Cc1nn2c(nnn2CCO)c1-c1ccccc1. The molecule has 0 aliphatic rings. The van der Waals surface area contributed by atoms with Crippen molar-refractivity contribution in [1.82, 2.24) is 24.8 Å². The van der Waals surface area contributed by atoms with Gasteiger partial charge < -0.3 is 5.11 Å². The van der Waals surface area contributed by atoms with E-state index >= 15 is 0 Å². The second kappa shape index (κ2) is 4.23. The Bertz CT molecular complexity index is 670. The maximum Gasteiger partial charge on any atom is 0.207 e. The van der Waals surface area contributed by atoms with Crippen LogP contribution in [0.15, 0.2) is 30.3 Å². The molecule has 3 rings (SSSR count). The van der Waals surface area contributed by atoms with Crippen molar-refractivity contribution < 1.29 is 5.11 Å². The van der Waals surface area contributed by atoms with Crippen LogP contribution in [0.2, 0.25) is 0 Å². The minimum atomic E-state index is 0.0119. The number of nitrogens with zero attached hydrogens (tertiary/aromatic N) is 5. The van der Waals surface area contributed by atoms with E-state index in [9.17, 15) is 0 Å². The largest absolute Gasteiger partial charge is 0.394 e. The van der Waals surface area contributed by atoms with E-state index in [0.29, 0.717) is 12.2 Å². The zero-order valence-electron chi connectivity index (χ0n) is 9.98. The smallest absolute Gasteiger partial charge is 0.207 e. The Hall–Kier alpha value is -2.21. The van der Waals surface area contributed by atoms with E-state index in [1.165, 1.54) is 0 Å². The van der Waals surface area contributed by atoms with E-state index in [1.54, 1.807) is 9.43 Å². The predicted molar refractivity (Wildman–Crippen MR) is 66.0 cm³/mol. The molecule has 0 saturated carbocycles. The zero-order valence-corrected chi connectivity index (χ0v) is 9.98. The molecule has 1 aromatic carbocycles. The van der Waals surface area contributed by atoms with E-state index in [-0.39, 0.29) is 6.61 Å². The minimum Gasteiger partial charge on any atom is -0.394 e. The summed E-state index contributed by atoms with van der Waals surface area (Å²) in [6, 6.07) is 9.99. The van der Waals surface area contributed by atoms with Crippen LogP contribution in [-0.2, 0) is 6.54 Å². The summed E-state index contributed by atoms with van der Waals surface area (Å²) in [7, 11) is 0. The van der Waals surface area contributed by atoms with Gasteiger partial charge in [-0.05, 0) is 17.7 Å². The molecule has 6 nitrogen and oxygen atoms in total. The van der Waals surface area contributed by atoms with Gasteiger partial charge in [-0.25, -0.2) is 0 Å². The molecular formula is C12H13N5O. The van der Waals surface area contributed by atoms with Crippen LogP contribution in [-0.4, -0.2) is 36.6 Å². The highest BCUT2D eigenvalue weighted by Crippen LogP contribution is 2.26. The van der Waals surface area contributed by atoms with Gasteiger partial charge in [0.15, 0.2) is 0 Å². The summed E-state index contributed by atoms with van der Waals surface area (Å²) in [5.41, 5.74) is 3.67. The molecule has 0 aliphatic carbocycles. The maximum absolute atomic E-state index is 8.96. The first-order valence-electron chi connectivity index (χ1n) is 5.76. The Kier molecular flexibility index (Phi) is 2.56. The number of hydrogen-bond acceptors (Lipinski definition) is 4.